The van der Waals surface area contributed by atoms with Crippen molar-refractivity contribution in [1.29, 1.82) is 0 Å². The maximum absolute atomic E-state index is 12.7. The Morgan fingerprint density at radius 1 is 1.23 bits per heavy atom. The number of carbonyl (C=O) groups is 1. The first-order valence-electron chi connectivity index (χ1n) is 9.61. The van der Waals surface area contributed by atoms with Crippen LogP contribution >= 0.6 is 11.3 Å². The van der Waals surface area contributed by atoms with Crippen LogP contribution in [0, 0.1) is 13.8 Å². The molecule has 0 bridgehead atoms. The monoisotopic (exact) mass is 428 g/mol. The van der Waals surface area contributed by atoms with Gasteiger partial charge in [0.1, 0.15) is 11.4 Å². The van der Waals surface area contributed by atoms with Gasteiger partial charge < -0.3 is 9.47 Å². The second-order valence-corrected chi connectivity index (χ2v) is 7.71. The first kappa shape index (κ1) is 21.5. The number of aryl methyl sites for hydroxylation is 2. The number of hydrogen-bond acceptors (Lipinski definition) is 7. The quantitative estimate of drug-likeness (QED) is 0.440. The number of amides is 1. The van der Waals surface area contributed by atoms with Gasteiger partial charge in [-0.3, -0.25) is 14.2 Å². The molecule has 1 aromatic carbocycles. The van der Waals surface area contributed by atoms with E-state index >= 15 is 0 Å². The number of nitrogens with zero attached hydrogens (tertiary/aromatic N) is 3. The average molecular weight is 429 g/mol. The Labute approximate surface area is 178 Å². The van der Waals surface area contributed by atoms with E-state index in [2.05, 4.69) is 15.5 Å². The summed E-state index contributed by atoms with van der Waals surface area (Å²) in [6.45, 7) is 8.51. The molecular formula is C21H24N4O4S. The molecule has 3 rings (SSSR count). The molecule has 158 valence electrons. The molecule has 0 fully saturated rings. The van der Waals surface area contributed by atoms with Crippen molar-refractivity contribution >= 4 is 33.7 Å². The highest BCUT2D eigenvalue weighted by Gasteiger charge is 2.13. The summed E-state index contributed by atoms with van der Waals surface area (Å²) in [4.78, 5) is 30.9. The van der Waals surface area contributed by atoms with Crippen molar-refractivity contribution in [2.45, 2.75) is 34.2 Å². The van der Waals surface area contributed by atoms with E-state index in [1.807, 2.05) is 33.8 Å². The lowest BCUT2D eigenvalue weighted by atomic mass is 10.2. The van der Waals surface area contributed by atoms with E-state index in [4.69, 9.17) is 9.47 Å². The van der Waals surface area contributed by atoms with Crippen molar-refractivity contribution in [2.75, 3.05) is 13.2 Å². The zero-order chi connectivity index (χ0) is 21.7. The van der Waals surface area contributed by atoms with Gasteiger partial charge in [0.05, 0.1) is 31.1 Å². The van der Waals surface area contributed by atoms with E-state index < -0.39 is 5.91 Å². The molecule has 0 unspecified atom stereocenters. The van der Waals surface area contributed by atoms with Gasteiger partial charge in [-0.25, -0.2) is 10.4 Å². The molecule has 0 aliphatic carbocycles. The fraction of sp³-hybridized carbons (Fsp3) is 0.333. The van der Waals surface area contributed by atoms with E-state index in [-0.39, 0.29) is 12.1 Å². The van der Waals surface area contributed by atoms with Crippen molar-refractivity contribution < 1.29 is 14.3 Å². The molecule has 0 aliphatic heterocycles. The van der Waals surface area contributed by atoms with Crippen LogP contribution in [-0.2, 0) is 11.3 Å². The summed E-state index contributed by atoms with van der Waals surface area (Å²) in [6.07, 6.45) is 2.90. The maximum atomic E-state index is 12.7. The van der Waals surface area contributed by atoms with E-state index in [1.54, 1.807) is 12.1 Å². The summed E-state index contributed by atoms with van der Waals surface area (Å²) in [6, 6.07) is 5.39. The van der Waals surface area contributed by atoms with Crippen LogP contribution in [0.1, 0.15) is 29.9 Å². The SMILES string of the molecule is CCOc1ccc(/C=N\NC(=O)Cn2cnc3sc(C)c(C)c3c2=O)cc1OCC. The second kappa shape index (κ2) is 9.53. The molecule has 0 aliphatic rings. The van der Waals surface area contributed by atoms with E-state index in [1.165, 1.54) is 28.4 Å². The van der Waals surface area contributed by atoms with Crippen LogP contribution in [0.5, 0.6) is 11.5 Å². The number of fused-ring (bicyclic) bond motifs is 1. The Balaban J connectivity index is 1.69. The molecule has 2 heterocycles. The van der Waals surface area contributed by atoms with Gasteiger partial charge in [0.15, 0.2) is 11.5 Å². The van der Waals surface area contributed by atoms with Crippen molar-refractivity contribution in [2.24, 2.45) is 5.10 Å². The molecule has 0 atom stereocenters. The smallest absolute Gasteiger partial charge is 0.262 e. The first-order valence-corrected chi connectivity index (χ1v) is 10.4. The molecule has 3 aromatic rings. The third-order valence-electron chi connectivity index (χ3n) is 4.44. The topological polar surface area (TPSA) is 94.8 Å². The molecule has 0 radical (unpaired) electrons. The zero-order valence-corrected chi connectivity index (χ0v) is 18.2. The third-order valence-corrected chi connectivity index (χ3v) is 5.56. The van der Waals surface area contributed by atoms with Crippen LogP contribution in [-0.4, -0.2) is 34.9 Å². The first-order chi connectivity index (χ1) is 14.4. The van der Waals surface area contributed by atoms with Gasteiger partial charge in [-0.05, 0) is 57.0 Å². The van der Waals surface area contributed by atoms with Gasteiger partial charge >= 0.3 is 0 Å². The number of benzene rings is 1. The Morgan fingerprint density at radius 2 is 1.97 bits per heavy atom. The van der Waals surface area contributed by atoms with Crippen LogP contribution in [0.15, 0.2) is 34.4 Å². The van der Waals surface area contributed by atoms with Gasteiger partial charge in [-0.15, -0.1) is 11.3 Å². The standard InChI is InChI=1S/C21H24N4O4S/c1-5-28-16-8-7-15(9-17(16)29-6-2)10-23-24-18(26)11-25-12-22-20-19(21(25)27)13(3)14(4)30-20/h7-10,12H,5-6,11H2,1-4H3,(H,24,26)/b23-10-. The summed E-state index contributed by atoms with van der Waals surface area (Å²) in [5.74, 6) is 0.846. The molecule has 0 saturated heterocycles. The summed E-state index contributed by atoms with van der Waals surface area (Å²) < 4.78 is 12.4. The maximum Gasteiger partial charge on any atom is 0.262 e. The fourth-order valence-corrected chi connectivity index (χ4v) is 3.89. The number of rotatable bonds is 8. The van der Waals surface area contributed by atoms with Gasteiger partial charge in [0.25, 0.3) is 11.5 Å². The predicted molar refractivity (Wildman–Crippen MR) is 118 cm³/mol. The Morgan fingerprint density at radius 3 is 2.70 bits per heavy atom. The zero-order valence-electron chi connectivity index (χ0n) is 17.4. The van der Waals surface area contributed by atoms with Crippen LogP contribution in [0.3, 0.4) is 0 Å². The Bertz CT molecular complexity index is 1150. The lowest BCUT2D eigenvalue weighted by Gasteiger charge is -2.11. The van der Waals surface area contributed by atoms with Crippen molar-refractivity contribution in [3.8, 4) is 11.5 Å². The van der Waals surface area contributed by atoms with Gasteiger partial charge in [-0.2, -0.15) is 5.10 Å². The van der Waals surface area contributed by atoms with E-state index in [0.29, 0.717) is 34.9 Å². The minimum atomic E-state index is -0.421. The van der Waals surface area contributed by atoms with E-state index in [9.17, 15) is 9.59 Å². The highest BCUT2D eigenvalue weighted by molar-refractivity contribution is 7.18. The van der Waals surface area contributed by atoms with Crippen molar-refractivity contribution in [1.82, 2.24) is 15.0 Å². The molecule has 30 heavy (non-hydrogen) atoms. The average Bonchev–Trinajstić information content (AvgIpc) is 3.01. The summed E-state index contributed by atoms with van der Waals surface area (Å²) >= 11 is 1.47. The molecule has 0 spiro atoms. The number of hydrogen-bond donors (Lipinski definition) is 1. The van der Waals surface area contributed by atoms with Crippen LogP contribution in [0.4, 0.5) is 0 Å². The summed E-state index contributed by atoms with van der Waals surface area (Å²) in [5.41, 5.74) is 3.86. The molecule has 1 amide bonds. The largest absolute Gasteiger partial charge is 0.490 e. The number of aromatic nitrogens is 2. The molecular weight excluding hydrogens is 404 g/mol. The molecule has 8 nitrogen and oxygen atoms in total. The highest BCUT2D eigenvalue weighted by atomic mass is 32.1. The van der Waals surface area contributed by atoms with Gasteiger partial charge in [0, 0.05) is 4.88 Å². The van der Waals surface area contributed by atoms with Gasteiger partial charge in [-0.1, -0.05) is 0 Å². The molecule has 0 saturated carbocycles. The highest BCUT2D eigenvalue weighted by Crippen LogP contribution is 2.28. The summed E-state index contributed by atoms with van der Waals surface area (Å²) in [7, 11) is 0. The Kier molecular flexibility index (Phi) is 6.83. The number of hydrazone groups is 1. The minimum absolute atomic E-state index is 0.166. The predicted octanol–water partition coefficient (Wildman–Crippen LogP) is 3.02. The van der Waals surface area contributed by atoms with Crippen LogP contribution in [0.25, 0.3) is 10.2 Å². The van der Waals surface area contributed by atoms with Crippen molar-refractivity contribution in [3.63, 3.8) is 0 Å². The number of thiophene rings is 1. The molecule has 2 aromatic heterocycles. The van der Waals surface area contributed by atoms with Crippen molar-refractivity contribution in [3.05, 3.63) is 50.9 Å². The van der Waals surface area contributed by atoms with Gasteiger partial charge in [0.2, 0.25) is 0 Å². The third kappa shape index (κ3) is 4.68. The lowest BCUT2D eigenvalue weighted by Crippen LogP contribution is -2.30. The summed E-state index contributed by atoms with van der Waals surface area (Å²) in [5, 5.41) is 4.54. The second-order valence-electron chi connectivity index (χ2n) is 6.51. The number of nitrogens with one attached hydrogen (secondary N) is 1. The van der Waals surface area contributed by atoms with Crippen LogP contribution < -0.4 is 20.5 Å². The molecule has 1 N–H and O–H groups in total. The van der Waals surface area contributed by atoms with E-state index in [0.717, 1.165) is 16.0 Å². The number of ether oxygens (including phenoxy) is 2. The lowest BCUT2D eigenvalue weighted by molar-refractivity contribution is -0.121. The number of carbonyl (C=O) groups excluding carboxylic acids is 1. The fourth-order valence-electron chi connectivity index (χ4n) is 2.90. The minimum Gasteiger partial charge on any atom is -0.490 e. The Hall–Kier alpha value is -3.20. The van der Waals surface area contributed by atoms with Crippen LogP contribution in [0.2, 0.25) is 0 Å². The molecule has 9 heteroatoms. The normalized spacial score (nSPS) is 11.2.